The minimum absolute atomic E-state index is 0.00849. The number of aliphatic hydroxyl groups excluding tert-OH is 1. The topological polar surface area (TPSA) is 98.2 Å². The maximum Gasteiger partial charge on any atom is 0.295 e. The zero-order chi connectivity index (χ0) is 24.5. The Bertz CT molecular complexity index is 1180. The lowest BCUT2D eigenvalue weighted by Gasteiger charge is -2.26. The van der Waals surface area contributed by atoms with Crippen LogP contribution in [0.15, 0.2) is 59.0 Å². The van der Waals surface area contributed by atoms with Gasteiger partial charge in [0.15, 0.2) is 0 Å². The molecule has 1 fully saturated rings. The normalized spacial score (nSPS) is 18.5. The molecule has 0 saturated carbocycles. The van der Waals surface area contributed by atoms with Gasteiger partial charge in [0.2, 0.25) is 10.0 Å². The third kappa shape index (κ3) is 4.85. The highest BCUT2D eigenvalue weighted by molar-refractivity contribution is 7.89. The second-order valence-electron chi connectivity index (χ2n) is 8.52. The number of aliphatic hydroxyl groups is 1. The van der Waals surface area contributed by atoms with E-state index < -0.39 is 27.8 Å². The molecule has 0 aliphatic carbocycles. The number of amides is 1. The average molecular weight is 472 g/mol. The van der Waals surface area contributed by atoms with E-state index in [1.54, 1.807) is 0 Å². The van der Waals surface area contributed by atoms with Crippen LogP contribution in [0.2, 0.25) is 0 Å². The van der Waals surface area contributed by atoms with Crippen molar-refractivity contribution in [2.75, 3.05) is 41.3 Å². The zero-order valence-electron chi connectivity index (χ0n) is 19.4. The van der Waals surface area contributed by atoms with Gasteiger partial charge < -0.3 is 14.9 Å². The van der Waals surface area contributed by atoms with E-state index in [1.807, 2.05) is 50.2 Å². The lowest BCUT2D eigenvalue weighted by Crippen LogP contribution is -2.35. The van der Waals surface area contributed by atoms with Crippen LogP contribution in [-0.2, 0) is 19.6 Å². The van der Waals surface area contributed by atoms with Gasteiger partial charge >= 0.3 is 0 Å². The number of nitrogens with zero attached hydrogens (tertiary/aromatic N) is 3. The maximum atomic E-state index is 13.0. The van der Waals surface area contributed by atoms with E-state index in [4.69, 9.17) is 0 Å². The number of carbonyl (C=O) groups excluding carboxylic acids is 2. The molecule has 1 aliphatic heterocycles. The zero-order valence-corrected chi connectivity index (χ0v) is 20.3. The number of hydrogen-bond donors (Lipinski definition) is 1. The predicted octanol–water partition coefficient (Wildman–Crippen LogP) is 2.23. The van der Waals surface area contributed by atoms with Crippen molar-refractivity contribution in [1.82, 2.24) is 14.1 Å². The van der Waals surface area contributed by atoms with Crippen LogP contribution in [0.3, 0.4) is 0 Å². The number of likely N-dealkylation sites (tertiary alicyclic amines) is 1. The van der Waals surface area contributed by atoms with Crippen molar-refractivity contribution in [2.45, 2.75) is 17.9 Å². The molecule has 1 amide bonds. The first-order valence-corrected chi connectivity index (χ1v) is 11.9. The Morgan fingerprint density at radius 1 is 0.970 bits per heavy atom. The van der Waals surface area contributed by atoms with Gasteiger partial charge in [-0.25, -0.2) is 12.7 Å². The second kappa shape index (κ2) is 9.46. The summed E-state index contributed by atoms with van der Waals surface area (Å²) < 4.78 is 25.8. The van der Waals surface area contributed by atoms with Crippen molar-refractivity contribution in [3.63, 3.8) is 0 Å². The third-order valence-electron chi connectivity index (χ3n) is 5.63. The highest BCUT2D eigenvalue weighted by atomic mass is 32.2. The van der Waals surface area contributed by atoms with Crippen LogP contribution in [-0.4, -0.2) is 80.6 Å². The second-order valence-corrected chi connectivity index (χ2v) is 10.7. The molecule has 33 heavy (non-hydrogen) atoms. The van der Waals surface area contributed by atoms with E-state index in [9.17, 15) is 23.1 Å². The summed E-state index contributed by atoms with van der Waals surface area (Å²) in [7, 11) is 2.97. The van der Waals surface area contributed by atoms with Gasteiger partial charge in [-0.15, -0.1) is 0 Å². The number of hydrogen-bond acceptors (Lipinski definition) is 6. The first kappa shape index (κ1) is 24.6. The lowest BCUT2D eigenvalue weighted by molar-refractivity contribution is -0.140. The van der Waals surface area contributed by atoms with Crippen LogP contribution in [0, 0.1) is 6.92 Å². The molecule has 0 spiro atoms. The summed E-state index contributed by atoms with van der Waals surface area (Å²) in [6.07, 6.45) is 0. The lowest BCUT2D eigenvalue weighted by atomic mass is 9.95. The van der Waals surface area contributed by atoms with Crippen LogP contribution in [0.1, 0.15) is 22.7 Å². The van der Waals surface area contributed by atoms with Gasteiger partial charge in [0.1, 0.15) is 5.76 Å². The molecule has 0 radical (unpaired) electrons. The smallest absolute Gasteiger partial charge is 0.295 e. The summed E-state index contributed by atoms with van der Waals surface area (Å²) in [5.74, 6) is -1.77. The molecule has 1 atom stereocenters. The molecular weight excluding hydrogens is 442 g/mol. The fourth-order valence-electron chi connectivity index (χ4n) is 3.66. The number of rotatable bonds is 7. The Balaban J connectivity index is 2.11. The van der Waals surface area contributed by atoms with Gasteiger partial charge in [-0.3, -0.25) is 9.59 Å². The van der Waals surface area contributed by atoms with E-state index in [0.717, 1.165) is 9.87 Å². The quantitative estimate of drug-likeness (QED) is 0.378. The molecule has 8 nitrogen and oxygen atoms in total. The predicted molar refractivity (Wildman–Crippen MR) is 126 cm³/mol. The highest BCUT2D eigenvalue weighted by Crippen LogP contribution is 2.39. The van der Waals surface area contributed by atoms with E-state index in [0.29, 0.717) is 18.7 Å². The number of likely N-dealkylation sites (N-methyl/N-ethyl adjacent to an activating group) is 1. The molecule has 1 heterocycles. The fourth-order valence-corrected chi connectivity index (χ4v) is 4.57. The largest absolute Gasteiger partial charge is 0.507 e. The van der Waals surface area contributed by atoms with E-state index in [1.165, 1.54) is 43.3 Å². The van der Waals surface area contributed by atoms with E-state index >= 15 is 0 Å². The molecule has 0 bridgehead atoms. The van der Waals surface area contributed by atoms with Gasteiger partial charge in [-0.1, -0.05) is 29.8 Å². The van der Waals surface area contributed by atoms with Crippen molar-refractivity contribution in [3.8, 4) is 0 Å². The first-order valence-electron chi connectivity index (χ1n) is 10.5. The van der Waals surface area contributed by atoms with Crippen molar-refractivity contribution < 1.29 is 23.1 Å². The monoisotopic (exact) mass is 471 g/mol. The number of carbonyl (C=O) groups is 2. The number of sulfonamides is 1. The number of aryl methyl sites for hydroxylation is 1. The van der Waals surface area contributed by atoms with Gasteiger partial charge in [0, 0.05) is 32.7 Å². The molecule has 1 saturated heterocycles. The molecule has 0 aromatic heterocycles. The minimum atomic E-state index is -3.64. The molecule has 176 valence electrons. The highest BCUT2D eigenvalue weighted by Gasteiger charge is 2.45. The SMILES string of the molecule is Cc1ccc(C2/C(=C(\O)c3ccc(S(=O)(=O)N(C)C)cc3)C(=O)C(=O)N2CCN(C)C)cc1. The number of benzene rings is 2. The third-order valence-corrected chi connectivity index (χ3v) is 7.46. The molecule has 1 aliphatic rings. The standard InChI is InChI=1S/C24H29N3O5S/c1-16-6-8-17(9-7-16)21-20(23(29)24(30)27(21)15-14-25(2)3)22(28)18-10-12-19(13-11-18)33(31,32)26(4)5/h6-13,21,28H,14-15H2,1-5H3/b22-20+. The summed E-state index contributed by atoms with van der Waals surface area (Å²) in [4.78, 5) is 29.4. The van der Waals surface area contributed by atoms with Gasteiger partial charge in [0.05, 0.1) is 16.5 Å². The molecular formula is C24H29N3O5S. The van der Waals surface area contributed by atoms with Crippen molar-refractivity contribution in [1.29, 1.82) is 0 Å². The first-order chi connectivity index (χ1) is 15.4. The summed E-state index contributed by atoms with van der Waals surface area (Å²) in [6, 6.07) is 12.3. The summed E-state index contributed by atoms with van der Waals surface area (Å²) >= 11 is 0. The summed E-state index contributed by atoms with van der Waals surface area (Å²) in [5.41, 5.74) is 2.00. The van der Waals surface area contributed by atoms with Crippen LogP contribution < -0.4 is 0 Å². The average Bonchev–Trinajstić information content (AvgIpc) is 3.02. The van der Waals surface area contributed by atoms with Crippen LogP contribution in [0.4, 0.5) is 0 Å². The van der Waals surface area contributed by atoms with Gasteiger partial charge in [-0.05, 0) is 50.8 Å². The van der Waals surface area contributed by atoms with E-state index in [-0.39, 0.29) is 21.8 Å². The Hall–Kier alpha value is -3.01. The number of ketones is 1. The van der Waals surface area contributed by atoms with Crippen molar-refractivity contribution >= 4 is 27.5 Å². The summed E-state index contributed by atoms with van der Waals surface area (Å²) in [5, 5.41) is 11.1. The molecule has 9 heteroatoms. The Labute approximate surface area is 194 Å². The molecule has 1 N–H and O–H groups in total. The molecule has 2 aromatic carbocycles. The van der Waals surface area contributed by atoms with Gasteiger partial charge in [-0.2, -0.15) is 0 Å². The maximum absolute atomic E-state index is 13.0. The van der Waals surface area contributed by atoms with Gasteiger partial charge in [0.25, 0.3) is 11.7 Å². The van der Waals surface area contributed by atoms with Crippen molar-refractivity contribution in [3.05, 3.63) is 70.8 Å². The Morgan fingerprint density at radius 2 is 1.55 bits per heavy atom. The number of Topliss-reactive ketones (excluding diaryl/α,β-unsaturated/α-hetero) is 1. The molecule has 2 aromatic rings. The van der Waals surface area contributed by atoms with Crippen LogP contribution in [0.5, 0.6) is 0 Å². The minimum Gasteiger partial charge on any atom is -0.507 e. The van der Waals surface area contributed by atoms with E-state index in [2.05, 4.69) is 0 Å². The Morgan fingerprint density at radius 3 is 2.06 bits per heavy atom. The fraction of sp³-hybridized carbons (Fsp3) is 0.333. The van der Waals surface area contributed by atoms with Crippen LogP contribution in [0.25, 0.3) is 5.76 Å². The van der Waals surface area contributed by atoms with Crippen molar-refractivity contribution in [2.24, 2.45) is 0 Å². The molecule has 3 rings (SSSR count). The Kier molecular flexibility index (Phi) is 7.06. The summed E-state index contributed by atoms with van der Waals surface area (Å²) in [6.45, 7) is 2.80. The molecule has 1 unspecified atom stereocenters. The van der Waals surface area contributed by atoms with Crippen LogP contribution >= 0.6 is 0 Å².